The van der Waals surface area contributed by atoms with E-state index in [-0.39, 0.29) is 51.1 Å². The van der Waals surface area contributed by atoms with Crippen LogP contribution in [0.4, 0.5) is 0 Å². The second-order valence-corrected chi connectivity index (χ2v) is 26.5. The highest BCUT2D eigenvalue weighted by Gasteiger charge is 2.77. The van der Waals surface area contributed by atoms with Gasteiger partial charge in [-0.2, -0.15) is 0 Å². The van der Waals surface area contributed by atoms with E-state index in [1.165, 1.54) is 19.8 Å². The Morgan fingerprint density at radius 2 is 1.09 bits per heavy atom. The first kappa shape index (κ1) is 57.1. The molecule has 5 aliphatic heterocycles. The fraction of sp³-hybridized carbons (Fsp3) is 0.963. The minimum Gasteiger partial charge on any atom is -0.396 e. The predicted molar refractivity (Wildman–Crippen MR) is 259 cm³/mol. The Hall–Kier alpha value is -1.10. The van der Waals surface area contributed by atoms with E-state index in [0.717, 1.165) is 38.7 Å². The first-order valence-corrected chi connectivity index (χ1v) is 27.7. The summed E-state index contributed by atoms with van der Waals surface area (Å²) in [4.78, 5) is 0. The molecule has 0 aromatic rings. The number of allylic oxidation sites excluding steroid dienone is 1. The highest BCUT2D eigenvalue weighted by Crippen LogP contribution is 2.79. The second-order valence-electron chi connectivity index (χ2n) is 26.5. The van der Waals surface area contributed by atoms with Gasteiger partial charge in [0, 0.05) is 16.7 Å². The third-order valence-corrected chi connectivity index (χ3v) is 22.1. The molecule has 1 spiro atoms. The van der Waals surface area contributed by atoms with E-state index >= 15 is 0 Å². The molecule has 4 unspecified atom stereocenters. The zero-order valence-electron chi connectivity index (χ0n) is 44.7. The first-order chi connectivity index (χ1) is 35.2. The van der Waals surface area contributed by atoms with Crippen molar-refractivity contribution in [2.75, 3.05) is 26.4 Å². The molecule has 5 heterocycles. The number of aliphatic hydroxyl groups excluding tert-OH is 12. The van der Waals surface area contributed by atoms with Gasteiger partial charge in [-0.3, -0.25) is 0 Å². The van der Waals surface area contributed by atoms with Crippen LogP contribution in [-0.2, 0) is 42.6 Å². The van der Waals surface area contributed by atoms with Crippen molar-refractivity contribution in [3.63, 3.8) is 0 Å². The quantitative estimate of drug-likeness (QED) is 0.0915. The molecule has 430 valence electrons. The smallest absolute Gasteiger partial charge is 0.187 e. The lowest BCUT2D eigenvalue weighted by atomic mass is 9.32. The SMILES string of the molecule is C[C@@H]1O[C@@H](O[C@H]2[C@H](O)[C@@H](O)[C@H](O[C@H]3[C@H](O)[C@@H](C)O[C@@H](O[C@H]4CC[C@@]5(C)[C@@H](CC[C@]6(C)[C@@H]5C=CC57OCC8(CCC(C)(C)CC85)CC[C@]76C)[C@]4(C)CO)[C@@H]3O[C@@H]3O[C@@H](CO)C(O)[C@@H](O)[C@H]3O)O[C@@H]2CO)[C@H](O)[C@H](O)[C@H]1O. The molecule has 12 N–H and O–H groups in total. The van der Waals surface area contributed by atoms with Gasteiger partial charge in [0.05, 0.1) is 50.3 Å². The van der Waals surface area contributed by atoms with Gasteiger partial charge in [-0.25, -0.2) is 0 Å². The summed E-state index contributed by atoms with van der Waals surface area (Å²) in [6.07, 6.45) is -19.8. The topological polar surface area (TPSA) is 326 Å². The molecular formula is C54H88O21. The summed E-state index contributed by atoms with van der Waals surface area (Å²) in [7, 11) is 0. The van der Waals surface area contributed by atoms with Crippen LogP contribution in [0.3, 0.4) is 0 Å². The maximum Gasteiger partial charge on any atom is 0.187 e. The Morgan fingerprint density at radius 3 is 1.76 bits per heavy atom. The van der Waals surface area contributed by atoms with Crippen LogP contribution in [0.2, 0.25) is 0 Å². The monoisotopic (exact) mass is 1070 g/mol. The number of ether oxygens (including phenoxy) is 9. The van der Waals surface area contributed by atoms with E-state index in [1.54, 1.807) is 6.92 Å². The molecule has 4 saturated carbocycles. The van der Waals surface area contributed by atoms with E-state index < -0.39 is 148 Å². The van der Waals surface area contributed by atoms with Crippen LogP contribution in [0.25, 0.3) is 0 Å². The Bertz CT molecular complexity index is 2070. The standard InChI is InChI=1S/C54H88O21/c1-24-32(58)35(61)38(64)44(68-24)73-41-27(21-56)71-46(40(66)37(41)63)74-42-33(59)25(2)69-47(43(42)75-45-39(65)36(62)34(60)26(20-55)70-45)72-31-11-12-49(5)28(50(31,6)22-57)9-13-51(7)29(49)10-14-54-30-19-48(3,4)15-17-53(30,23-67-54)18-16-52(51,54)8/h10,14,24-47,55-66H,9,11-13,15-23H2,1-8H3/t24-,25+,26-,27+,28+,29+,30?,31-,32-,33+,34?,35+,36+,37+,38+,39+,40+,41+,42-,43+,44-,45-,46-,47-,49-,50-,51+,52-,53?,54?/m0/s1. The Kier molecular flexibility index (Phi) is 15.3. The van der Waals surface area contributed by atoms with Crippen LogP contribution in [0.15, 0.2) is 12.2 Å². The van der Waals surface area contributed by atoms with Gasteiger partial charge in [0.15, 0.2) is 25.2 Å². The maximum atomic E-state index is 12.0. The highest BCUT2D eigenvalue weighted by molar-refractivity contribution is 5.35. The van der Waals surface area contributed by atoms with Gasteiger partial charge in [-0.15, -0.1) is 0 Å². The highest BCUT2D eigenvalue weighted by atomic mass is 16.8. The van der Waals surface area contributed by atoms with Crippen LogP contribution in [0, 0.1) is 50.2 Å². The van der Waals surface area contributed by atoms with Crippen LogP contribution >= 0.6 is 0 Å². The lowest BCUT2D eigenvalue weighted by molar-refractivity contribution is -0.403. The van der Waals surface area contributed by atoms with Gasteiger partial charge in [0.1, 0.15) is 85.5 Å². The third-order valence-electron chi connectivity index (χ3n) is 22.1. The van der Waals surface area contributed by atoms with Crippen molar-refractivity contribution < 1.29 is 104 Å². The average molecular weight is 1070 g/mol. The number of fused-ring (bicyclic) bond motifs is 4. The zero-order valence-corrected chi connectivity index (χ0v) is 44.7. The first-order valence-electron chi connectivity index (χ1n) is 27.7. The van der Waals surface area contributed by atoms with Crippen molar-refractivity contribution in [3.05, 3.63) is 12.2 Å². The Morgan fingerprint density at radius 1 is 0.520 bits per heavy atom. The number of hydrogen-bond acceptors (Lipinski definition) is 21. The number of hydrogen-bond donors (Lipinski definition) is 12. The molecule has 10 rings (SSSR count). The van der Waals surface area contributed by atoms with Crippen molar-refractivity contribution in [1.29, 1.82) is 0 Å². The molecule has 75 heavy (non-hydrogen) atoms. The van der Waals surface area contributed by atoms with Crippen LogP contribution in [0.5, 0.6) is 0 Å². The Labute approximate surface area is 439 Å². The van der Waals surface area contributed by atoms with Gasteiger partial charge in [0.2, 0.25) is 0 Å². The fourth-order valence-electron chi connectivity index (χ4n) is 17.1. The summed E-state index contributed by atoms with van der Waals surface area (Å²) in [5.41, 5.74) is -1.37. The van der Waals surface area contributed by atoms with E-state index in [9.17, 15) is 61.3 Å². The van der Waals surface area contributed by atoms with E-state index in [2.05, 4.69) is 46.8 Å². The van der Waals surface area contributed by atoms with Crippen molar-refractivity contribution in [2.45, 2.75) is 248 Å². The largest absolute Gasteiger partial charge is 0.396 e. The molecule has 5 aliphatic carbocycles. The molecule has 0 radical (unpaired) electrons. The normalized spacial score (nSPS) is 58.3. The lowest BCUT2D eigenvalue weighted by Gasteiger charge is -2.73. The van der Waals surface area contributed by atoms with E-state index in [0.29, 0.717) is 18.8 Å². The summed E-state index contributed by atoms with van der Waals surface area (Å²) in [6, 6.07) is 0. The molecule has 0 amide bonds. The van der Waals surface area contributed by atoms with Gasteiger partial charge in [-0.1, -0.05) is 53.7 Å². The minimum absolute atomic E-state index is 0.0621. The van der Waals surface area contributed by atoms with Crippen LogP contribution in [-0.4, -0.2) is 222 Å². The fourth-order valence-corrected chi connectivity index (χ4v) is 17.1. The summed E-state index contributed by atoms with van der Waals surface area (Å²) in [5, 5.41) is 132. The lowest BCUT2D eigenvalue weighted by Crippen LogP contribution is -2.71. The average Bonchev–Trinajstić information content (AvgIpc) is 3.63. The second kappa shape index (κ2) is 20.1. The zero-order chi connectivity index (χ0) is 54.3. The van der Waals surface area contributed by atoms with Crippen LogP contribution in [0.1, 0.15) is 113 Å². The van der Waals surface area contributed by atoms with Crippen molar-refractivity contribution >= 4 is 0 Å². The summed E-state index contributed by atoms with van der Waals surface area (Å²) >= 11 is 0. The molecule has 5 saturated heterocycles. The van der Waals surface area contributed by atoms with Crippen molar-refractivity contribution in [3.8, 4) is 0 Å². The molecule has 2 bridgehead atoms. The molecule has 9 fully saturated rings. The van der Waals surface area contributed by atoms with E-state index in [1.807, 2.05) is 6.92 Å². The number of rotatable bonds is 11. The van der Waals surface area contributed by atoms with Gasteiger partial charge in [-0.05, 0) is 105 Å². The van der Waals surface area contributed by atoms with Gasteiger partial charge in [0.25, 0.3) is 0 Å². The molecule has 21 heteroatoms. The molecule has 30 atom stereocenters. The summed E-state index contributed by atoms with van der Waals surface area (Å²) in [6.45, 7) is 16.1. The number of aliphatic hydroxyl groups is 12. The van der Waals surface area contributed by atoms with E-state index in [4.69, 9.17) is 42.6 Å². The van der Waals surface area contributed by atoms with Crippen LogP contribution < -0.4 is 0 Å². The van der Waals surface area contributed by atoms with Crippen molar-refractivity contribution in [1.82, 2.24) is 0 Å². The van der Waals surface area contributed by atoms with Gasteiger partial charge < -0.3 is 104 Å². The van der Waals surface area contributed by atoms with Crippen molar-refractivity contribution in [2.24, 2.45) is 50.2 Å². The maximum absolute atomic E-state index is 12.0. The molecule has 0 aromatic heterocycles. The Balaban J connectivity index is 0.932. The minimum atomic E-state index is -1.99. The summed E-state index contributed by atoms with van der Waals surface area (Å²) < 4.78 is 56.6. The molecule has 0 aromatic carbocycles. The summed E-state index contributed by atoms with van der Waals surface area (Å²) in [5.74, 6) is 0.524. The molecule has 10 aliphatic rings. The predicted octanol–water partition coefficient (Wildman–Crippen LogP) is -0.518. The third kappa shape index (κ3) is 8.64. The molecule has 21 nitrogen and oxygen atoms in total. The molecular weight excluding hydrogens is 985 g/mol. The van der Waals surface area contributed by atoms with Gasteiger partial charge >= 0.3 is 0 Å².